The van der Waals surface area contributed by atoms with Crippen LogP contribution in [0.2, 0.25) is 0 Å². The van der Waals surface area contributed by atoms with E-state index in [-0.39, 0.29) is 16.9 Å². The third-order valence-corrected chi connectivity index (χ3v) is 4.32. The Kier molecular flexibility index (Phi) is 5.61. The molecule has 0 spiro atoms. The van der Waals surface area contributed by atoms with Gasteiger partial charge in [-0.15, -0.1) is 0 Å². The average molecular weight is 308 g/mol. The zero-order valence-electron chi connectivity index (χ0n) is 12.4. The summed E-state index contributed by atoms with van der Waals surface area (Å²) in [6.07, 6.45) is 2.28. The lowest BCUT2D eigenvalue weighted by atomic mass is 10.1. The minimum absolute atomic E-state index is 0.108. The zero-order chi connectivity index (χ0) is 15.2. The van der Waals surface area contributed by atoms with E-state index >= 15 is 0 Å². The molecule has 1 fully saturated rings. The van der Waals surface area contributed by atoms with Crippen LogP contribution in [0.25, 0.3) is 0 Å². The van der Waals surface area contributed by atoms with Crippen LogP contribution in [0.4, 0.5) is 0 Å². The van der Waals surface area contributed by atoms with Gasteiger partial charge in [-0.1, -0.05) is 17.8 Å². The summed E-state index contributed by atoms with van der Waals surface area (Å²) in [5, 5.41) is 0.108. The highest BCUT2D eigenvalue weighted by atomic mass is 32.2. The van der Waals surface area contributed by atoms with Crippen LogP contribution in [-0.4, -0.2) is 39.8 Å². The summed E-state index contributed by atoms with van der Waals surface area (Å²) < 4.78 is 5.30. The monoisotopic (exact) mass is 308 g/mol. The molecule has 6 heteroatoms. The molecule has 1 amide bonds. The van der Waals surface area contributed by atoms with Crippen LogP contribution in [0.15, 0.2) is 18.3 Å². The molecule has 1 saturated heterocycles. The molecule has 1 atom stereocenters. The highest BCUT2D eigenvalue weighted by molar-refractivity contribution is 8.13. The molecule has 0 aliphatic carbocycles. The number of carbonyl (C=O) groups is 2. The number of hydrogen-bond donors (Lipinski definition) is 0. The van der Waals surface area contributed by atoms with Gasteiger partial charge in [-0.3, -0.25) is 9.59 Å². The van der Waals surface area contributed by atoms with Gasteiger partial charge in [0, 0.05) is 44.5 Å². The van der Waals surface area contributed by atoms with Crippen LogP contribution in [0.5, 0.6) is 5.88 Å². The molecule has 0 saturated carbocycles. The lowest BCUT2D eigenvalue weighted by Gasteiger charge is -2.16. The summed E-state index contributed by atoms with van der Waals surface area (Å²) in [7, 11) is 0. The van der Waals surface area contributed by atoms with Crippen LogP contribution in [0.1, 0.15) is 25.8 Å². The standard InChI is InChI=1S/C15H20N2O3S/c1-3-20-14-5-4-12(7-16-14)8-17-9-13(6-15(17)19)10-21-11(2)18/h4-5,7,13H,3,6,8-10H2,1-2H3. The molecule has 0 bridgehead atoms. The van der Waals surface area contributed by atoms with E-state index in [9.17, 15) is 9.59 Å². The first kappa shape index (κ1) is 15.8. The second-order valence-electron chi connectivity index (χ2n) is 5.08. The Labute approximate surface area is 129 Å². The molecular formula is C15H20N2O3S. The number of amides is 1. The predicted molar refractivity (Wildman–Crippen MR) is 82.1 cm³/mol. The van der Waals surface area contributed by atoms with Crippen molar-refractivity contribution in [1.82, 2.24) is 9.88 Å². The first-order valence-corrected chi connectivity index (χ1v) is 8.06. The quantitative estimate of drug-likeness (QED) is 0.805. The Morgan fingerprint density at radius 2 is 2.33 bits per heavy atom. The SMILES string of the molecule is CCOc1ccc(CN2CC(CSC(C)=O)CC2=O)cn1. The Bertz CT molecular complexity index is 504. The van der Waals surface area contributed by atoms with Crippen LogP contribution >= 0.6 is 11.8 Å². The van der Waals surface area contributed by atoms with Gasteiger partial charge in [0.05, 0.1) is 6.61 Å². The molecular weight excluding hydrogens is 288 g/mol. The van der Waals surface area contributed by atoms with E-state index in [2.05, 4.69) is 4.98 Å². The smallest absolute Gasteiger partial charge is 0.223 e. The van der Waals surface area contributed by atoms with E-state index in [1.54, 1.807) is 13.1 Å². The molecule has 1 unspecified atom stereocenters. The van der Waals surface area contributed by atoms with Crippen molar-refractivity contribution in [3.8, 4) is 5.88 Å². The zero-order valence-corrected chi connectivity index (χ0v) is 13.2. The van der Waals surface area contributed by atoms with Crippen molar-refractivity contribution in [1.29, 1.82) is 0 Å². The average Bonchev–Trinajstić information content (AvgIpc) is 2.80. The molecule has 1 aromatic rings. The van der Waals surface area contributed by atoms with Gasteiger partial charge in [-0.2, -0.15) is 0 Å². The van der Waals surface area contributed by atoms with Gasteiger partial charge < -0.3 is 9.64 Å². The second kappa shape index (κ2) is 7.45. The molecule has 0 N–H and O–H groups in total. The lowest BCUT2D eigenvalue weighted by molar-refractivity contribution is -0.128. The van der Waals surface area contributed by atoms with Crippen molar-refractivity contribution >= 4 is 22.8 Å². The van der Waals surface area contributed by atoms with Gasteiger partial charge in [0.1, 0.15) is 0 Å². The minimum atomic E-state index is 0.108. The highest BCUT2D eigenvalue weighted by Gasteiger charge is 2.29. The molecule has 1 aliphatic rings. The van der Waals surface area contributed by atoms with Crippen LogP contribution in [0.3, 0.4) is 0 Å². The number of thioether (sulfide) groups is 1. The van der Waals surface area contributed by atoms with Crippen molar-refractivity contribution in [3.05, 3.63) is 23.9 Å². The maximum atomic E-state index is 12.0. The Hall–Kier alpha value is -1.56. The number of nitrogens with zero attached hydrogens (tertiary/aromatic N) is 2. The predicted octanol–water partition coefficient (Wildman–Crippen LogP) is 2.11. The Morgan fingerprint density at radius 3 is 2.95 bits per heavy atom. The first-order valence-electron chi connectivity index (χ1n) is 7.07. The van der Waals surface area contributed by atoms with Crippen molar-refractivity contribution in [2.75, 3.05) is 18.9 Å². The van der Waals surface area contributed by atoms with Crippen LogP contribution < -0.4 is 4.74 Å². The van der Waals surface area contributed by atoms with Gasteiger partial charge >= 0.3 is 0 Å². The van der Waals surface area contributed by atoms with E-state index in [1.165, 1.54) is 11.8 Å². The van der Waals surface area contributed by atoms with E-state index < -0.39 is 0 Å². The third-order valence-electron chi connectivity index (χ3n) is 3.28. The highest BCUT2D eigenvalue weighted by Crippen LogP contribution is 2.24. The number of ether oxygens (including phenoxy) is 1. The summed E-state index contributed by atoms with van der Waals surface area (Å²) in [5.74, 6) is 1.74. The molecule has 2 heterocycles. The maximum Gasteiger partial charge on any atom is 0.223 e. The van der Waals surface area contributed by atoms with E-state index in [0.717, 1.165) is 11.3 Å². The molecule has 1 aliphatic heterocycles. The van der Waals surface area contributed by atoms with Gasteiger partial charge in [0.2, 0.25) is 11.8 Å². The largest absolute Gasteiger partial charge is 0.478 e. The molecule has 0 radical (unpaired) electrons. The van der Waals surface area contributed by atoms with E-state index in [1.807, 2.05) is 24.0 Å². The van der Waals surface area contributed by atoms with Gasteiger partial charge in [0.25, 0.3) is 0 Å². The molecule has 21 heavy (non-hydrogen) atoms. The summed E-state index contributed by atoms with van der Waals surface area (Å²) >= 11 is 1.30. The van der Waals surface area contributed by atoms with Crippen LogP contribution in [0, 0.1) is 5.92 Å². The molecule has 1 aromatic heterocycles. The molecule has 5 nitrogen and oxygen atoms in total. The number of rotatable bonds is 6. The maximum absolute atomic E-state index is 12.0. The van der Waals surface area contributed by atoms with Crippen molar-refractivity contribution < 1.29 is 14.3 Å². The summed E-state index contributed by atoms with van der Waals surface area (Å²) in [4.78, 5) is 29.0. The number of carbonyl (C=O) groups excluding carboxylic acids is 2. The lowest BCUT2D eigenvalue weighted by Crippen LogP contribution is -2.24. The summed E-state index contributed by atoms with van der Waals surface area (Å²) in [6.45, 7) is 5.35. The van der Waals surface area contributed by atoms with Crippen molar-refractivity contribution in [2.45, 2.75) is 26.8 Å². The van der Waals surface area contributed by atoms with E-state index in [4.69, 9.17) is 4.74 Å². The molecule has 114 valence electrons. The number of hydrogen-bond acceptors (Lipinski definition) is 5. The van der Waals surface area contributed by atoms with Crippen LogP contribution in [-0.2, 0) is 16.1 Å². The Balaban J connectivity index is 1.87. The van der Waals surface area contributed by atoms with Crippen molar-refractivity contribution in [3.63, 3.8) is 0 Å². The fourth-order valence-corrected chi connectivity index (χ4v) is 3.01. The first-order chi connectivity index (χ1) is 10.1. The fraction of sp³-hybridized carbons (Fsp3) is 0.533. The topological polar surface area (TPSA) is 59.5 Å². The Morgan fingerprint density at radius 1 is 1.52 bits per heavy atom. The number of aromatic nitrogens is 1. The minimum Gasteiger partial charge on any atom is -0.478 e. The fourth-order valence-electron chi connectivity index (χ4n) is 2.31. The van der Waals surface area contributed by atoms with Gasteiger partial charge in [-0.05, 0) is 18.4 Å². The number of likely N-dealkylation sites (tertiary alicyclic amines) is 1. The second-order valence-corrected chi connectivity index (χ2v) is 6.28. The van der Waals surface area contributed by atoms with Gasteiger partial charge in [-0.25, -0.2) is 4.98 Å². The van der Waals surface area contributed by atoms with E-state index in [0.29, 0.717) is 32.0 Å². The van der Waals surface area contributed by atoms with Gasteiger partial charge in [0.15, 0.2) is 5.12 Å². The number of pyridine rings is 1. The van der Waals surface area contributed by atoms with Crippen molar-refractivity contribution in [2.24, 2.45) is 5.92 Å². The third kappa shape index (κ3) is 4.74. The molecule has 0 aromatic carbocycles. The summed E-state index contributed by atoms with van der Waals surface area (Å²) in [5.41, 5.74) is 0.992. The summed E-state index contributed by atoms with van der Waals surface area (Å²) in [6, 6.07) is 3.76. The normalized spacial score (nSPS) is 18.1. The molecule has 2 rings (SSSR count).